The molecule has 0 spiro atoms. The molecule has 122 valence electrons. The minimum Gasteiger partial charge on any atom is -0.218 e. The van der Waals surface area contributed by atoms with Gasteiger partial charge in [0.15, 0.2) is 0 Å². The summed E-state index contributed by atoms with van der Waals surface area (Å²) in [4.78, 5) is 0. The molecule has 0 rings (SSSR count). The maximum absolute atomic E-state index is 12.9. The highest BCUT2D eigenvalue weighted by Crippen LogP contribution is 2.63. The molecule has 0 fully saturated rings. The quantitative estimate of drug-likeness (QED) is 0.488. The third-order valence-corrected chi connectivity index (χ3v) is 2.46. The normalized spacial score (nSPS) is 18.9. The summed E-state index contributed by atoms with van der Waals surface area (Å²) in [7, 11) is 0. The first kappa shape index (κ1) is 19.4. The van der Waals surface area contributed by atoms with Gasteiger partial charge in [0, 0.05) is 0 Å². The van der Waals surface area contributed by atoms with Gasteiger partial charge in [-0.05, 0) is 0 Å². The van der Waals surface area contributed by atoms with Crippen molar-refractivity contribution < 1.29 is 57.1 Å². The van der Waals surface area contributed by atoms with Gasteiger partial charge in [-0.3, -0.25) is 0 Å². The zero-order chi connectivity index (χ0) is 17.0. The van der Waals surface area contributed by atoms with Crippen LogP contribution in [-0.2, 0) is 0 Å². The lowest BCUT2D eigenvalue weighted by Gasteiger charge is -2.41. The first-order chi connectivity index (χ1) is 8.25. The summed E-state index contributed by atoms with van der Waals surface area (Å²) in [5.41, 5.74) is -7.66. The summed E-state index contributed by atoms with van der Waals surface area (Å²) in [5, 5.41) is -7.20. The monoisotopic (exact) mass is 354 g/mol. The van der Waals surface area contributed by atoms with E-state index in [1.54, 1.807) is 0 Å². The van der Waals surface area contributed by atoms with Gasteiger partial charge in [-0.2, -0.15) is 48.3 Å². The van der Waals surface area contributed by atoms with E-state index in [0.717, 1.165) is 0 Å². The van der Waals surface area contributed by atoms with E-state index in [1.807, 2.05) is 0 Å². The Morgan fingerprint density at radius 2 is 0.700 bits per heavy atom. The largest absolute Gasteiger partial charge is 0.458 e. The third kappa shape index (κ3) is 2.37. The predicted molar refractivity (Wildman–Crippen MR) is 36.6 cm³/mol. The summed E-state index contributed by atoms with van der Waals surface area (Å²) in [5.74, 6) is -7.48. The Kier molecular flexibility index (Phi) is 4.30. The highest BCUT2D eigenvalue weighted by atomic mass is 35.5. The second kappa shape index (κ2) is 4.44. The van der Waals surface area contributed by atoms with Gasteiger partial charge in [-0.1, -0.05) is 11.6 Å². The molecule has 0 aliphatic rings. The van der Waals surface area contributed by atoms with Crippen LogP contribution in [0.3, 0.4) is 0 Å². The average Bonchev–Trinajstić information content (AvgIpc) is 2.10. The van der Waals surface area contributed by atoms with Crippen molar-refractivity contribution in [1.29, 1.82) is 0 Å². The zero-order valence-corrected chi connectivity index (χ0v) is 9.05. The Labute approximate surface area is 105 Å². The fourth-order valence-corrected chi connectivity index (χ4v) is 1.23. The molecule has 0 amide bonds. The number of hydrogen-bond acceptors (Lipinski definition) is 0. The molecular formula is C6ClF13. The van der Waals surface area contributed by atoms with Gasteiger partial charge < -0.3 is 0 Å². The van der Waals surface area contributed by atoms with Crippen LogP contribution in [0.2, 0.25) is 0 Å². The molecule has 20 heavy (non-hydrogen) atoms. The van der Waals surface area contributed by atoms with E-state index in [2.05, 4.69) is 11.6 Å². The van der Waals surface area contributed by atoms with Crippen molar-refractivity contribution in [2.24, 2.45) is 0 Å². The van der Waals surface area contributed by atoms with Crippen LogP contribution < -0.4 is 0 Å². The first-order valence-electron chi connectivity index (χ1n) is 3.90. The van der Waals surface area contributed by atoms with E-state index in [-0.39, 0.29) is 0 Å². The lowest BCUT2D eigenvalue weighted by molar-refractivity contribution is -0.410. The van der Waals surface area contributed by atoms with Crippen LogP contribution in [0.5, 0.6) is 0 Å². The number of hydrogen-bond donors (Lipinski definition) is 0. The summed E-state index contributed by atoms with van der Waals surface area (Å²) >= 11 is 3.44. The fraction of sp³-hybridized carbons (Fsp3) is 1.00. The first-order valence-corrected chi connectivity index (χ1v) is 4.27. The van der Waals surface area contributed by atoms with E-state index in [1.165, 1.54) is 0 Å². The van der Waals surface area contributed by atoms with Gasteiger partial charge in [0.2, 0.25) is 0 Å². The topological polar surface area (TPSA) is 0 Å². The lowest BCUT2D eigenvalue weighted by Crippen LogP contribution is -2.72. The van der Waals surface area contributed by atoms with Gasteiger partial charge in [-0.25, -0.2) is 8.78 Å². The van der Waals surface area contributed by atoms with Crippen LogP contribution >= 0.6 is 11.6 Å². The molecule has 0 aromatic heterocycles. The van der Waals surface area contributed by atoms with Gasteiger partial charge in [-0.15, -0.1) is 0 Å². The lowest BCUT2D eigenvalue weighted by atomic mass is 9.92. The number of halogens is 14. The molecule has 1 atom stereocenters. The molecule has 0 saturated carbocycles. The molecule has 0 bridgehead atoms. The van der Waals surface area contributed by atoms with Crippen molar-refractivity contribution in [3.8, 4) is 0 Å². The van der Waals surface area contributed by atoms with Crippen LogP contribution in [0.25, 0.3) is 0 Å². The SMILES string of the molecule is FC(F)(F)C(F)(F)C(F)(Cl)C(F)(C(F)(F)F)C(F)(F)F. The van der Waals surface area contributed by atoms with Crippen LogP contribution in [0.4, 0.5) is 57.1 Å². The Morgan fingerprint density at radius 1 is 0.450 bits per heavy atom. The molecule has 0 aliphatic carbocycles. The van der Waals surface area contributed by atoms with Crippen LogP contribution in [-0.4, -0.2) is 35.2 Å². The summed E-state index contributed by atoms with van der Waals surface area (Å²) in [6, 6.07) is 0. The molecule has 0 heterocycles. The molecule has 0 N–H and O–H groups in total. The van der Waals surface area contributed by atoms with Crippen molar-refractivity contribution in [1.82, 2.24) is 0 Å². The maximum Gasteiger partial charge on any atom is 0.458 e. The fourth-order valence-electron chi connectivity index (χ4n) is 0.911. The molecule has 0 aromatic carbocycles. The predicted octanol–water partition coefficient (Wildman–Crippen LogP) is 4.92. The molecular weight excluding hydrogens is 354 g/mol. The highest BCUT2D eigenvalue weighted by Gasteiger charge is 2.92. The van der Waals surface area contributed by atoms with Crippen LogP contribution in [0.1, 0.15) is 0 Å². The molecule has 1 unspecified atom stereocenters. The highest BCUT2D eigenvalue weighted by molar-refractivity contribution is 6.24. The number of rotatable bonds is 2. The molecule has 0 radical (unpaired) electrons. The Balaban J connectivity index is 6.38. The van der Waals surface area contributed by atoms with Gasteiger partial charge in [0.05, 0.1) is 0 Å². The molecule has 0 aromatic rings. The van der Waals surface area contributed by atoms with Crippen molar-refractivity contribution in [3.05, 3.63) is 0 Å². The number of alkyl halides is 14. The van der Waals surface area contributed by atoms with E-state index in [9.17, 15) is 57.1 Å². The molecule has 0 saturated heterocycles. The Morgan fingerprint density at radius 3 is 0.850 bits per heavy atom. The summed E-state index contributed by atoms with van der Waals surface area (Å²) < 4.78 is 157. The van der Waals surface area contributed by atoms with Crippen LogP contribution in [0.15, 0.2) is 0 Å². The van der Waals surface area contributed by atoms with E-state index < -0.39 is 35.2 Å². The molecule has 14 heteroatoms. The van der Waals surface area contributed by atoms with Crippen molar-refractivity contribution in [2.75, 3.05) is 0 Å². The third-order valence-electron chi connectivity index (χ3n) is 1.96. The minimum absolute atomic E-state index is 3.44. The smallest absolute Gasteiger partial charge is 0.218 e. The standard InChI is InChI=1S/C6ClF13/c7-2(9,3(10,11)6(18,19)20)1(8,4(12,13)14)5(15,16)17. The minimum atomic E-state index is -7.66. The van der Waals surface area contributed by atoms with Crippen molar-refractivity contribution in [2.45, 2.75) is 35.2 Å². The van der Waals surface area contributed by atoms with Crippen LogP contribution in [0, 0.1) is 0 Å². The second-order valence-corrected chi connectivity index (χ2v) is 3.82. The second-order valence-electron chi connectivity index (χ2n) is 3.30. The van der Waals surface area contributed by atoms with Crippen molar-refractivity contribution in [3.63, 3.8) is 0 Å². The van der Waals surface area contributed by atoms with E-state index in [0.29, 0.717) is 0 Å². The average molecular weight is 354 g/mol. The molecule has 0 nitrogen and oxygen atoms in total. The summed E-state index contributed by atoms with van der Waals surface area (Å²) in [6.07, 6.45) is -22.4. The van der Waals surface area contributed by atoms with Gasteiger partial charge >= 0.3 is 35.2 Å². The van der Waals surface area contributed by atoms with Gasteiger partial charge in [0.25, 0.3) is 0 Å². The molecule has 0 aliphatic heterocycles. The Hall–Kier alpha value is -0.620. The zero-order valence-electron chi connectivity index (χ0n) is 8.29. The van der Waals surface area contributed by atoms with Crippen molar-refractivity contribution >= 4 is 11.6 Å². The summed E-state index contributed by atoms with van der Waals surface area (Å²) in [6.45, 7) is 0. The van der Waals surface area contributed by atoms with E-state index >= 15 is 0 Å². The Bertz CT molecular complexity index is 343. The van der Waals surface area contributed by atoms with Gasteiger partial charge in [0.1, 0.15) is 0 Å². The van der Waals surface area contributed by atoms with E-state index in [4.69, 9.17) is 0 Å². The maximum atomic E-state index is 12.9.